The zero-order chi connectivity index (χ0) is 16.8. The van der Waals surface area contributed by atoms with Crippen LogP contribution < -0.4 is 5.32 Å². The number of hydrogen-bond acceptors (Lipinski definition) is 5. The fourth-order valence-electron chi connectivity index (χ4n) is 2.49. The molecule has 2 aliphatic rings. The van der Waals surface area contributed by atoms with Crippen molar-refractivity contribution < 1.29 is 18.8 Å². The first-order chi connectivity index (χ1) is 9.93. The summed E-state index contributed by atoms with van der Waals surface area (Å²) in [7, 11) is -0.477. The van der Waals surface area contributed by atoms with Gasteiger partial charge < -0.3 is 19.4 Å². The number of carbonyl (C=O) groups is 1. The highest BCUT2D eigenvalue weighted by atomic mass is 16.7. The molecule has 0 spiro atoms. The van der Waals surface area contributed by atoms with Crippen LogP contribution in [-0.2, 0) is 18.8 Å². The highest BCUT2D eigenvalue weighted by molar-refractivity contribution is 6.55. The van der Waals surface area contributed by atoms with Gasteiger partial charge in [-0.2, -0.15) is 0 Å². The molecule has 1 N–H and O–H groups in total. The summed E-state index contributed by atoms with van der Waals surface area (Å²) in [5.74, 6) is -0.288. The maximum Gasteiger partial charge on any atom is 0.491 e. The Hall–Kier alpha value is -0.845. The Balaban J connectivity index is 2.28. The first-order valence-electron chi connectivity index (χ1n) is 7.94. The topological polar surface area (TPSA) is 56.8 Å². The van der Waals surface area contributed by atoms with Crippen molar-refractivity contribution in [3.05, 3.63) is 11.0 Å². The Bertz CT molecular complexity index is 475. The third-order valence-electron chi connectivity index (χ3n) is 4.44. The van der Waals surface area contributed by atoms with Crippen LogP contribution in [0.25, 0.3) is 0 Å². The average molecular weight is 309 g/mol. The number of rotatable bonds is 2. The van der Waals surface area contributed by atoms with E-state index in [1.165, 1.54) is 0 Å². The number of ether oxygens (including phenoxy) is 1. The minimum Gasteiger partial charge on any atom is -0.457 e. The van der Waals surface area contributed by atoms with Crippen LogP contribution in [-0.4, -0.2) is 43.0 Å². The summed E-state index contributed by atoms with van der Waals surface area (Å²) in [6.45, 7) is 15.0. The van der Waals surface area contributed by atoms with Crippen molar-refractivity contribution in [2.45, 2.75) is 71.7 Å². The summed E-state index contributed by atoms with van der Waals surface area (Å²) in [4.78, 5) is 12.5. The molecular weight excluding hydrogens is 281 g/mol. The van der Waals surface area contributed by atoms with Crippen LogP contribution in [0, 0.1) is 0 Å². The predicted octanol–water partition coefficient (Wildman–Crippen LogP) is 2.25. The Morgan fingerprint density at radius 3 is 2.23 bits per heavy atom. The van der Waals surface area contributed by atoms with Gasteiger partial charge in [-0.25, -0.2) is 4.79 Å². The average Bonchev–Trinajstić information content (AvgIpc) is 2.56. The van der Waals surface area contributed by atoms with Gasteiger partial charge in [-0.1, -0.05) is 0 Å². The quantitative estimate of drug-likeness (QED) is 0.626. The summed E-state index contributed by atoms with van der Waals surface area (Å²) in [5.41, 5.74) is 0.220. The maximum atomic E-state index is 12.5. The van der Waals surface area contributed by atoms with E-state index in [1.54, 1.807) is 0 Å². The number of nitrogens with one attached hydrogen (secondary N) is 1. The molecule has 22 heavy (non-hydrogen) atoms. The largest absolute Gasteiger partial charge is 0.491 e. The third-order valence-corrected chi connectivity index (χ3v) is 4.44. The van der Waals surface area contributed by atoms with E-state index in [4.69, 9.17) is 14.0 Å². The molecule has 0 unspecified atom stereocenters. The van der Waals surface area contributed by atoms with Crippen LogP contribution in [0.5, 0.6) is 0 Å². The number of carbonyl (C=O) groups excluding carboxylic acids is 1. The first-order valence-corrected chi connectivity index (χ1v) is 7.94. The minimum atomic E-state index is -0.511. The van der Waals surface area contributed by atoms with Gasteiger partial charge in [0.1, 0.15) is 5.60 Å². The molecule has 0 saturated carbocycles. The summed E-state index contributed by atoms with van der Waals surface area (Å²) < 4.78 is 17.7. The lowest BCUT2D eigenvalue weighted by Crippen LogP contribution is -2.41. The van der Waals surface area contributed by atoms with E-state index in [1.807, 2.05) is 48.5 Å². The Kier molecular flexibility index (Phi) is 4.50. The van der Waals surface area contributed by atoms with Gasteiger partial charge in [0.05, 0.1) is 11.2 Å². The predicted molar refractivity (Wildman–Crippen MR) is 86.4 cm³/mol. The minimum absolute atomic E-state index is 0.288. The van der Waals surface area contributed by atoms with E-state index in [-0.39, 0.29) is 5.97 Å². The highest BCUT2D eigenvalue weighted by Crippen LogP contribution is 2.40. The molecule has 6 heteroatoms. The van der Waals surface area contributed by atoms with E-state index in [0.29, 0.717) is 12.1 Å². The zero-order valence-electron chi connectivity index (χ0n) is 14.8. The van der Waals surface area contributed by atoms with Crippen LogP contribution >= 0.6 is 0 Å². The molecule has 124 valence electrons. The van der Waals surface area contributed by atoms with Crippen LogP contribution in [0.2, 0.25) is 0 Å². The van der Waals surface area contributed by atoms with E-state index in [9.17, 15) is 4.79 Å². The lowest BCUT2D eigenvalue weighted by molar-refractivity contribution is -0.150. The van der Waals surface area contributed by atoms with Crippen LogP contribution in [0.1, 0.15) is 54.9 Å². The molecule has 0 atom stereocenters. The molecule has 0 aromatic heterocycles. The molecule has 5 nitrogen and oxygen atoms in total. The van der Waals surface area contributed by atoms with Crippen molar-refractivity contribution in [1.82, 2.24) is 5.32 Å². The van der Waals surface area contributed by atoms with Crippen molar-refractivity contribution in [2.75, 3.05) is 13.1 Å². The summed E-state index contributed by atoms with van der Waals surface area (Å²) in [6.07, 6.45) is 0.728. The lowest BCUT2D eigenvalue weighted by atomic mass is 9.72. The highest BCUT2D eigenvalue weighted by Gasteiger charge is 2.53. The molecule has 0 aromatic carbocycles. The van der Waals surface area contributed by atoms with E-state index in [0.717, 1.165) is 18.4 Å². The molecule has 0 amide bonds. The molecule has 2 rings (SSSR count). The van der Waals surface area contributed by atoms with Gasteiger partial charge in [0, 0.05) is 12.1 Å². The smallest absolute Gasteiger partial charge is 0.457 e. The second kappa shape index (κ2) is 5.66. The molecule has 2 aliphatic heterocycles. The summed E-state index contributed by atoms with van der Waals surface area (Å²) >= 11 is 0. The fraction of sp³-hybridized carbons (Fsp3) is 0.812. The van der Waals surface area contributed by atoms with E-state index in [2.05, 4.69) is 5.32 Å². The standard InChI is InChI=1S/C16H28BNO4/c1-14(2,3)20-13(19)11-10-18-9-8-12(11)17-21-15(4,5)16(6,7)22-17/h18H,8-10H2,1-7H3. The summed E-state index contributed by atoms with van der Waals surface area (Å²) in [6, 6.07) is 0. The molecule has 2 heterocycles. The Morgan fingerprint density at radius 1 is 1.18 bits per heavy atom. The first kappa shape index (κ1) is 17.5. The normalized spacial score (nSPS) is 24.6. The Labute approximate surface area is 133 Å². The molecule has 1 fully saturated rings. The molecule has 1 saturated heterocycles. The molecular formula is C16H28BNO4. The van der Waals surface area contributed by atoms with Crippen molar-refractivity contribution in [1.29, 1.82) is 0 Å². The van der Waals surface area contributed by atoms with Crippen LogP contribution in [0.4, 0.5) is 0 Å². The van der Waals surface area contributed by atoms with Gasteiger partial charge in [0.25, 0.3) is 0 Å². The summed E-state index contributed by atoms with van der Waals surface area (Å²) in [5, 5.41) is 3.23. The van der Waals surface area contributed by atoms with Gasteiger partial charge in [0.15, 0.2) is 0 Å². The fourth-order valence-corrected chi connectivity index (χ4v) is 2.49. The number of hydrogen-bond donors (Lipinski definition) is 1. The molecule has 0 aliphatic carbocycles. The van der Waals surface area contributed by atoms with Crippen LogP contribution in [0.15, 0.2) is 11.0 Å². The monoisotopic (exact) mass is 309 g/mol. The second-order valence-electron chi connectivity index (χ2n) is 8.02. The maximum absolute atomic E-state index is 12.5. The van der Waals surface area contributed by atoms with Gasteiger partial charge in [0.2, 0.25) is 0 Å². The Morgan fingerprint density at radius 2 is 1.73 bits per heavy atom. The third kappa shape index (κ3) is 3.55. The molecule has 0 bridgehead atoms. The van der Waals surface area contributed by atoms with Crippen molar-refractivity contribution in [3.8, 4) is 0 Å². The van der Waals surface area contributed by atoms with Crippen molar-refractivity contribution in [2.24, 2.45) is 0 Å². The number of esters is 1. The van der Waals surface area contributed by atoms with E-state index < -0.39 is 23.9 Å². The van der Waals surface area contributed by atoms with Crippen molar-refractivity contribution >= 4 is 13.1 Å². The SMILES string of the molecule is CC(C)(C)OC(=O)C1=C(B2OC(C)(C)C(C)(C)O2)CCNC1. The second-order valence-corrected chi connectivity index (χ2v) is 8.02. The molecule has 0 radical (unpaired) electrons. The zero-order valence-corrected chi connectivity index (χ0v) is 14.8. The van der Waals surface area contributed by atoms with Gasteiger partial charge in [-0.3, -0.25) is 0 Å². The van der Waals surface area contributed by atoms with Gasteiger partial charge in [-0.15, -0.1) is 0 Å². The molecule has 0 aromatic rings. The lowest BCUT2D eigenvalue weighted by Gasteiger charge is -2.32. The van der Waals surface area contributed by atoms with Gasteiger partial charge >= 0.3 is 13.1 Å². The van der Waals surface area contributed by atoms with Gasteiger partial charge in [-0.05, 0) is 66.9 Å². The van der Waals surface area contributed by atoms with Crippen LogP contribution in [0.3, 0.4) is 0 Å². The van der Waals surface area contributed by atoms with E-state index >= 15 is 0 Å². The van der Waals surface area contributed by atoms with Crippen molar-refractivity contribution in [3.63, 3.8) is 0 Å².